The highest BCUT2D eigenvalue weighted by Gasteiger charge is 2.46. The maximum Gasteiger partial charge on any atom is 0.160 e. The maximum absolute atomic E-state index is 5.09. The summed E-state index contributed by atoms with van der Waals surface area (Å²) in [5, 5.41) is 1.19. The molecule has 126 valence electrons. The van der Waals surface area contributed by atoms with Crippen molar-refractivity contribution < 1.29 is 0 Å². The summed E-state index contributed by atoms with van der Waals surface area (Å²) in [6.07, 6.45) is 5.22. The molecule has 0 saturated carbocycles. The second-order valence-corrected chi connectivity index (χ2v) is 7.76. The molecule has 2 aliphatic heterocycles. The number of hydrogen-bond acceptors (Lipinski definition) is 4. The Balaban J connectivity index is 1.81. The van der Waals surface area contributed by atoms with Gasteiger partial charge in [0.05, 0.1) is 11.7 Å². The van der Waals surface area contributed by atoms with Crippen LogP contribution in [0.3, 0.4) is 0 Å². The van der Waals surface area contributed by atoms with Gasteiger partial charge in [-0.05, 0) is 44.5 Å². The van der Waals surface area contributed by atoms with Crippen LogP contribution in [0.25, 0.3) is 0 Å². The Morgan fingerprint density at radius 3 is 2.83 bits per heavy atom. The molecule has 0 amide bonds. The number of pyridine rings is 1. The molecular formula is C19H24N4S. The summed E-state index contributed by atoms with van der Waals surface area (Å²) < 4.78 is 2.38. The lowest BCUT2D eigenvalue weighted by molar-refractivity contribution is 0.243. The van der Waals surface area contributed by atoms with E-state index in [4.69, 9.17) is 4.99 Å². The molecule has 1 fully saturated rings. The van der Waals surface area contributed by atoms with Gasteiger partial charge in [-0.2, -0.15) is 0 Å². The van der Waals surface area contributed by atoms with E-state index in [9.17, 15) is 0 Å². The fourth-order valence-corrected chi connectivity index (χ4v) is 5.14. The summed E-state index contributed by atoms with van der Waals surface area (Å²) in [6.45, 7) is 6.76. The van der Waals surface area contributed by atoms with E-state index in [1.165, 1.54) is 10.9 Å². The van der Waals surface area contributed by atoms with Gasteiger partial charge in [-0.25, -0.2) is 0 Å². The normalized spacial score (nSPS) is 26.1. The van der Waals surface area contributed by atoms with Crippen LogP contribution < -0.4 is 0 Å². The van der Waals surface area contributed by atoms with E-state index in [1.54, 1.807) is 0 Å². The number of rotatable bonds is 4. The smallest absolute Gasteiger partial charge is 0.160 e. The van der Waals surface area contributed by atoms with Gasteiger partial charge >= 0.3 is 0 Å². The highest BCUT2D eigenvalue weighted by atomic mass is 32.2. The first-order chi connectivity index (χ1) is 11.7. The summed E-state index contributed by atoms with van der Waals surface area (Å²) in [5.74, 6) is 1.14. The topological polar surface area (TPSA) is 33.4 Å². The van der Waals surface area contributed by atoms with Crippen molar-refractivity contribution in [3.05, 3.63) is 54.1 Å². The van der Waals surface area contributed by atoms with E-state index < -0.39 is 0 Å². The highest BCUT2D eigenvalue weighted by Crippen LogP contribution is 2.48. The minimum Gasteiger partial charge on any atom is -0.347 e. The monoisotopic (exact) mass is 340 g/mol. The molecule has 0 aromatic carbocycles. The Bertz CT molecular complexity index is 737. The highest BCUT2D eigenvalue weighted by molar-refractivity contribution is 8.14. The molecule has 2 aromatic heterocycles. The van der Waals surface area contributed by atoms with Crippen LogP contribution >= 0.6 is 11.8 Å². The van der Waals surface area contributed by atoms with Crippen LogP contribution in [0, 0.1) is 0 Å². The van der Waals surface area contributed by atoms with E-state index in [2.05, 4.69) is 65.7 Å². The molecule has 0 radical (unpaired) electrons. The first-order valence-electron chi connectivity index (χ1n) is 8.77. The molecule has 0 aliphatic carbocycles. The van der Waals surface area contributed by atoms with Crippen LogP contribution in [-0.4, -0.2) is 31.4 Å². The molecule has 4 nitrogen and oxygen atoms in total. The Labute approximate surface area is 148 Å². The maximum atomic E-state index is 5.09. The second-order valence-electron chi connectivity index (χ2n) is 6.77. The second kappa shape index (κ2) is 6.28. The number of hydrogen-bond donors (Lipinski definition) is 0. The summed E-state index contributed by atoms with van der Waals surface area (Å²) in [6, 6.07) is 11.9. The van der Waals surface area contributed by atoms with E-state index in [1.807, 2.05) is 24.0 Å². The van der Waals surface area contributed by atoms with Crippen LogP contribution in [0.1, 0.15) is 56.7 Å². The molecule has 2 aliphatic rings. The van der Waals surface area contributed by atoms with Gasteiger partial charge in [0.15, 0.2) is 5.17 Å². The molecule has 24 heavy (non-hydrogen) atoms. The van der Waals surface area contributed by atoms with Crippen LogP contribution in [0.2, 0.25) is 0 Å². The predicted octanol–water partition coefficient (Wildman–Crippen LogP) is 4.44. The Morgan fingerprint density at radius 2 is 2.12 bits per heavy atom. The van der Waals surface area contributed by atoms with Gasteiger partial charge in [0.1, 0.15) is 6.04 Å². The van der Waals surface area contributed by atoms with Gasteiger partial charge in [0.2, 0.25) is 0 Å². The lowest BCUT2D eigenvalue weighted by Crippen LogP contribution is -2.36. The Morgan fingerprint density at radius 1 is 1.25 bits per heavy atom. The number of aliphatic imine (C=N–C) groups is 1. The molecular weight excluding hydrogens is 316 g/mol. The minimum atomic E-state index is 0.0791. The van der Waals surface area contributed by atoms with Crippen molar-refractivity contribution >= 4 is 16.9 Å². The first kappa shape index (κ1) is 15.8. The molecule has 5 heteroatoms. The molecule has 0 spiro atoms. The standard InChI is InChI=1S/C19H24N4S/c1-4-14-12-24-19-21-17(15-8-5-6-10-20-15)18(23(14)19)16-9-7-11-22(16)13(2)3/h5-11,13-14,17-18H,4,12H2,1-3H3/t14-,17-,18-/m1/s1. The van der Waals surface area contributed by atoms with Gasteiger partial charge in [-0.3, -0.25) is 9.98 Å². The molecule has 4 heterocycles. The minimum absolute atomic E-state index is 0.0791. The molecule has 0 bridgehead atoms. The third-order valence-corrected chi connectivity index (χ3v) is 6.13. The fourth-order valence-electron chi connectivity index (χ4n) is 3.80. The zero-order chi connectivity index (χ0) is 16.7. The van der Waals surface area contributed by atoms with Crippen LogP contribution in [0.5, 0.6) is 0 Å². The Kier molecular flexibility index (Phi) is 4.12. The molecule has 4 rings (SSSR count). The molecule has 0 unspecified atom stereocenters. The van der Waals surface area contributed by atoms with Crippen molar-refractivity contribution in [1.29, 1.82) is 0 Å². The van der Waals surface area contributed by atoms with Crippen molar-refractivity contribution in [3.63, 3.8) is 0 Å². The van der Waals surface area contributed by atoms with Crippen molar-refractivity contribution in [3.8, 4) is 0 Å². The molecule has 0 N–H and O–H groups in total. The average molecular weight is 340 g/mol. The quantitative estimate of drug-likeness (QED) is 0.825. The van der Waals surface area contributed by atoms with Crippen molar-refractivity contribution in [2.75, 3.05) is 5.75 Å². The van der Waals surface area contributed by atoms with Crippen molar-refractivity contribution in [2.24, 2.45) is 4.99 Å². The first-order valence-corrected chi connectivity index (χ1v) is 9.76. The number of amidine groups is 1. The predicted molar refractivity (Wildman–Crippen MR) is 100 cm³/mol. The number of fused-ring (bicyclic) bond motifs is 1. The van der Waals surface area contributed by atoms with Gasteiger partial charge in [0.25, 0.3) is 0 Å². The van der Waals surface area contributed by atoms with Gasteiger partial charge in [-0.15, -0.1) is 0 Å². The van der Waals surface area contributed by atoms with E-state index in [0.29, 0.717) is 12.1 Å². The Hall–Kier alpha value is -1.75. The van der Waals surface area contributed by atoms with Crippen LogP contribution in [0.15, 0.2) is 47.7 Å². The van der Waals surface area contributed by atoms with Gasteiger partial charge in [0, 0.05) is 35.9 Å². The van der Waals surface area contributed by atoms with Crippen molar-refractivity contribution in [2.45, 2.75) is 51.4 Å². The van der Waals surface area contributed by atoms with Gasteiger partial charge < -0.3 is 9.47 Å². The summed E-state index contributed by atoms with van der Waals surface area (Å²) in [4.78, 5) is 12.3. The largest absolute Gasteiger partial charge is 0.347 e. The number of thioether (sulfide) groups is 1. The summed E-state index contributed by atoms with van der Waals surface area (Å²) in [5.41, 5.74) is 2.41. The van der Waals surface area contributed by atoms with E-state index in [0.717, 1.165) is 17.9 Å². The van der Waals surface area contributed by atoms with Crippen LogP contribution in [-0.2, 0) is 0 Å². The number of nitrogens with zero attached hydrogens (tertiary/aromatic N) is 4. The van der Waals surface area contributed by atoms with E-state index >= 15 is 0 Å². The molecule has 1 saturated heterocycles. The van der Waals surface area contributed by atoms with Crippen molar-refractivity contribution in [1.82, 2.24) is 14.5 Å². The third kappa shape index (κ3) is 2.46. The summed E-state index contributed by atoms with van der Waals surface area (Å²) >= 11 is 1.90. The third-order valence-electron chi connectivity index (χ3n) is 5.00. The number of aromatic nitrogens is 2. The fraction of sp³-hybridized carbons (Fsp3) is 0.474. The lowest BCUT2D eigenvalue weighted by Gasteiger charge is -2.33. The zero-order valence-electron chi connectivity index (χ0n) is 14.5. The zero-order valence-corrected chi connectivity index (χ0v) is 15.3. The SMILES string of the molecule is CC[C@@H]1CSC2=N[C@H](c3ccccn3)[C@@H](c3cccn3C(C)C)N21. The van der Waals surface area contributed by atoms with Crippen LogP contribution in [0.4, 0.5) is 0 Å². The molecule has 3 atom stereocenters. The molecule has 2 aromatic rings. The lowest BCUT2D eigenvalue weighted by atomic mass is 9.99. The average Bonchev–Trinajstić information content (AvgIpc) is 3.29. The summed E-state index contributed by atoms with van der Waals surface area (Å²) in [7, 11) is 0. The van der Waals surface area contributed by atoms with Gasteiger partial charge in [-0.1, -0.05) is 24.8 Å². The van der Waals surface area contributed by atoms with E-state index in [-0.39, 0.29) is 12.1 Å².